The quantitative estimate of drug-likeness (QED) is 0.677. The SMILES string of the molecule is CC1CN(c2cccnc2)CC(C)O1. The molecule has 14 heavy (non-hydrogen) atoms. The van der Waals surface area contributed by atoms with E-state index in [1.165, 1.54) is 5.69 Å². The molecule has 1 aliphatic rings. The van der Waals surface area contributed by atoms with Gasteiger partial charge in [-0.1, -0.05) is 0 Å². The third-order valence-electron chi connectivity index (χ3n) is 2.43. The van der Waals surface area contributed by atoms with Crippen LogP contribution in [0.15, 0.2) is 24.5 Å². The Labute approximate surface area is 84.7 Å². The average molecular weight is 192 g/mol. The highest BCUT2D eigenvalue weighted by atomic mass is 16.5. The van der Waals surface area contributed by atoms with Crippen molar-refractivity contribution in [2.75, 3.05) is 18.0 Å². The van der Waals surface area contributed by atoms with Crippen LogP contribution in [0, 0.1) is 0 Å². The van der Waals surface area contributed by atoms with Crippen LogP contribution >= 0.6 is 0 Å². The van der Waals surface area contributed by atoms with Crippen LogP contribution in [0.5, 0.6) is 0 Å². The second kappa shape index (κ2) is 3.96. The summed E-state index contributed by atoms with van der Waals surface area (Å²) in [5.41, 5.74) is 1.19. The zero-order valence-electron chi connectivity index (χ0n) is 8.68. The fraction of sp³-hybridized carbons (Fsp3) is 0.545. The van der Waals surface area contributed by atoms with Crippen molar-refractivity contribution in [2.45, 2.75) is 26.1 Å². The molecular formula is C11H16N2O. The summed E-state index contributed by atoms with van der Waals surface area (Å²) < 4.78 is 5.68. The van der Waals surface area contributed by atoms with Gasteiger partial charge in [-0.3, -0.25) is 4.98 Å². The summed E-state index contributed by atoms with van der Waals surface area (Å²) in [6, 6.07) is 4.07. The number of hydrogen-bond acceptors (Lipinski definition) is 3. The minimum Gasteiger partial charge on any atom is -0.372 e. The Kier molecular flexibility index (Phi) is 2.68. The summed E-state index contributed by atoms with van der Waals surface area (Å²) in [5, 5.41) is 0. The van der Waals surface area contributed by atoms with Gasteiger partial charge in [0.2, 0.25) is 0 Å². The molecule has 0 bridgehead atoms. The molecule has 0 amide bonds. The van der Waals surface area contributed by atoms with Crippen molar-refractivity contribution in [3.8, 4) is 0 Å². The van der Waals surface area contributed by atoms with Gasteiger partial charge in [0, 0.05) is 19.3 Å². The normalized spacial score (nSPS) is 27.7. The van der Waals surface area contributed by atoms with Crippen molar-refractivity contribution in [2.24, 2.45) is 0 Å². The van der Waals surface area contributed by atoms with Gasteiger partial charge in [-0.2, -0.15) is 0 Å². The fourth-order valence-electron chi connectivity index (χ4n) is 1.93. The number of ether oxygens (including phenoxy) is 1. The number of hydrogen-bond donors (Lipinski definition) is 0. The molecule has 1 aliphatic heterocycles. The summed E-state index contributed by atoms with van der Waals surface area (Å²) in [7, 11) is 0. The lowest BCUT2D eigenvalue weighted by Crippen LogP contribution is -2.45. The summed E-state index contributed by atoms with van der Waals surface area (Å²) in [6.45, 7) is 6.13. The second-order valence-electron chi connectivity index (χ2n) is 3.87. The van der Waals surface area contributed by atoms with E-state index in [1.807, 2.05) is 12.3 Å². The second-order valence-corrected chi connectivity index (χ2v) is 3.87. The third-order valence-corrected chi connectivity index (χ3v) is 2.43. The molecule has 2 unspecified atom stereocenters. The monoisotopic (exact) mass is 192 g/mol. The van der Waals surface area contributed by atoms with E-state index in [1.54, 1.807) is 6.20 Å². The van der Waals surface area contributed by atoms with Gasteiger partial charge in [0.15, 0.2) is 0 Å². The largest absolute Gasteiger partial charge is 0.372 e. The first-order valence-corrected chi connectivity index (χ1v) is 5.06. The van der Waals surface area contributed by atoms with Gasteiger partial charge in [-0.05, 0) is 26.0 Å². The zero-order chi connectivity index (χ0) is 9.97. The average Bonchev–Trinajstić information content (AvgIpc) is 2.18. The first-order valence-electron chi connectivity index (χ1n) is 5.06. The lowest BCUT2D eigenvalue weighted by Gasteiger charge is -2.36. The van der Waals surface area contributed by atoms with Gasteiger partial charge in [-0.15, -0.1) is 0 Å². The van der Waals surface area contributed by atoms with E-state index in [0.29, 0.717) is 12.2 Å². The van der Waals surface area contributed by atoms with E-state index in [4.69, 9.17) is 4.74 Å². The van der Waals surface area contributed by atoms with E-state index < -0.39 is 0 Å². The van der Waals surface area contributed by atoms with E-state index in [0.717, 1.165) is 13.1 Å². The molecule has 0 aromatic carbocycles. The molecule has 0 aliphatic carbocycles. The lowest BCUT2D eigenvalue weighted by atomic mass is 10.2. The van der Waals surface area contributed by atoms with Crippen LogP contribution in [-0.2, 0) is 4.74 Å². The fourth-order valence-corrected chi connectivity index (χ4v) is 1.93. The van der Waals surface area contributed by atoms with Crippen molar-refractivity contribution in [3.05, 3.63) is 24.5 Å². The van der Waals surface area contributed by atoms with Crippen LogP contribution in [0.25, 0.3) is 0 Å². The zero-order valence-corrected chi connectivity index (χ0v) is 8.68. The van der Waals surface area contributed by atoms with Crippen LogP contribution in [0.2, 0.25) is 0 Å². The standard InChI is InChI=1S/C11H16N2O/c1-9-7-13(8-10(2)14-9)11-4-3-5-12-6-11/h3-6,9-10H,7-8H2,1-2H3. The maximum atomic E-state index is 5.68. The van der Waals surface area contributed by atoms with E-state index in [2.05, 4.69) is 29.8 Å². The molecular weight excluding hydrogens is 176 g/mol. The van der Waals surface area contributed by atoms with Crippen LogP contribution < -0.4 is 4.90 Å². The molecule has 0 radical (unpaired) electrons. The van der Waals surface area contributed by atoms with E-state index in [9.17, 15) is 0 Å². The van der Waals surface area contributed by atoms with Gasteiger partial charge < -0.3 is 9.64 Å². The number of nitrogens with zero attached hydrogens (tertiary/aromatic N) is 2. The molecule has 1 fully saturated rings. The summed E-state index contributed by atoms with van der Waals surface area (Å²) in [5.74, 6) is 0. The first-order chi connectivity index (χ1) is 6.75. The highest BCUT2D eigenvalue weighted by Crippen LogP contribution is 2.18. The Balaban J connectivity index is 2.11. The summed E-state index contributed by atoms with van der Waals surface area (Å²) in [6.07, 6.45) is 4.32. The molecule has 0 saturated carbocycles. The van der Waals surface area contributed by atoms with E-state index in [-0.39, 0.29) is 0 Å². The van der Waals surface area contributed by atoms with Crippen LogP contribution in [0.1, 0.15) is 13.8 Å². The van der Waals surface area contributed by atoms with Crippen molar-refractivity contribution in [3.63, 3.8) is 0 Å². The van der Waals surface area contributed by atoms with Crippen molar-refractivity contribution >= 4 is 5.69 Å². The van der Waals surface area contributed by atoms with Gasteiger partial charge in [0.25, 0.3) is 0 Å². The number of rotatable bonds is 1. The van der Waals surface area contributed by atoms with Crippen molar-refractivity contribution < 1.29 is 4.74 Å². The summed E-state index contributed by atoms with van der Waals surface area (Å²) in [4.78, 5) is 6.45. The molecule has 2 atom stereocenters. The Hall–Kier alpha value is -1.09. The van der Waals surface area contributed by atoms with Gasteiger partial charge >= 0.3 is 0 Å². The highest BCUT2D eigenvalue weighted by Gasteiger charge is 2.22. The van der Waals surface area contributed by atoms with Gasteiger partial charge in [0.05, 0.1) is 24.1 Å². The highest BCUT2D eigenvalue weighted by molar-refractivity contribution is 5.44. The van der Waals surface area contributed by atoms with Crippen LogP contribution in [-0.4, -0.2) is 30.3 Å². The molecule has 1 aromatic rings. The summed E-state index contributed by atoms with van der Waals surface area (Å²) >= 11 is 0. The number of morpholine rings is 1. The van der Waals surface area contributed by atoms with Gasteiger partial charge in [-0.25, -0.2) is 0 Å². The van der Waals surface area contributed by atoms with Crippen molar-refractivity contribution in [1.82, 2.24) is 4.98 Å². The molecule has 1 aromatic heterocycles. The molecule has 2 rings (SSSR count). The molecule has 1 saturated heterocycles. The maximum Gasteiger partial charge on any atom is 0.0726 e. The first kappa shape index (κ1) is 9.46. The third kappa shape index (κ3) is 2.04. The Morgan fingerprint density at radius 3 is 2.64 bits per heavy atom. The predicted molar refractivity (Wildman–Crippen MR) is 56.5 cm³/mol. The van der Waals surface area contributed by atoms with Crippen LogP contribution in [0.3, 0.4) is 0 Å². The smallest absolute Gasteiger partial charge is 0.0726 e. The lowest BCUT2D eigenvalue weighted by molar-refractivity contribution is -0.00523. The Bertz CT molecular complexity index is 279. The molecule has 0 N–H and O–H groups in total. The predicted octanol–water partition coefficient (Wildman–Crippen LogP) is 1.70. The molecule has 0 spiro atoms. The van der Waals surface area contributed by atoms with Gasteiger partial charge in [0.1, 0.15) is 0 Å². The van der Waals surface area contributed by atoms with Crippen LogP contribution in [0.4, 0.5) is 5.69 Å². The Morgan fingerprint density at radius 1 is 1.36 bits per heavy atom. The number of aromatic nitrogens is 1. The molecule has 3 nitrogen and oxygen atoms in total. The minimum absolute atomic E-state index is 0.305. The topological polar surface area (TPSA) is 25.4 Å². The minimum atomic E-state index is 0.305. The van der Waals surface area contributed by atoms with Crippen molar-refractivity contribution in [1.29, 1.82) is 0 Å². The Morgan fingerprint density at radius 2 is 2.07 bits per heavy atom. The molecule has 3 heteroatoms. The maximum absolute atomic E-state index is 5.68. The molecule has 76 valence electrons. The van der Waals surface area contributed by atoms with E-state index >= 15 is 0 Å². The number of pyridine rings is 1. The number of anilines is 1. The molecule has 2 heterocycles.